The van der Waals surface area contributed by atoms with Crippen molar-refractivity contribution in [3.63, 3.8) is 0 Å². The molecule has 0 heterocycles. The predicted molar refractivity (Wildman–Crippen MR) is 234 cm³/mol. The van der Waals surface area contributed by atoms with Crippen LogP contribution in [0.15, 0.2) is 0 Å². The van der Waals surface area contributed by atoms with Crippen molar-refractivity contribution in [1.29, 1.82) is 0 Å². The Morgan fingerprint density at radius 2 is 0.510 bits per heavy atom. The summed E-state index contributed by atoms with van der Waals surface area (Å²) in [6.07, 6.45) is 5.95. The van der Waals surface area contributed by atoms with Crippen LogP contribution in [0.5, 0.6) is 0 Å². The second-order valence-electron chi connectivity index (χ2n) is 7.71. The van der Waals surface area contributed by atoms with Gasteiger partial charge in [-0.25, -0.2) is 0 Å². The van der Waals surface area contributed by atoms with Gasteiger partial charge in [-0.2, -0.15) is 0 Å². The van der Waals surface area contributed by atoms with E-state index in [4.69, 9.17) is 30.9 Å². The first-order valence-electron chi connectivity index (χ1n) is 15.9. The van der Waals surface area contributed by atoms with Crippen LogP contribution < -0.4 is 0 Å². The maximum absolute atomic E-state index is 5.21. The Balaban J connectivity index is -0.00000000633. The van der Waals surface area contributed by atoms with Crippen molar-refractivity contribution < 1.29 is 327 Å². The first-order valence-corrected chi connectivity index (χ1v) is 15.9. The van der Waals surface area contributed by atoms with Gasteiger partial charge in [0.05, 0.1) is 27.1 Å². The summed E-state index contributed by atoms with van der Waals surface area (Å²) in [5.74, 6) is 0. The Morgan fingerprint density at radius 3 is 0.529 bits per heavy atom. The van der Waals surface area contributed by atoms with E-state index in [-0.39, 0.29) is 363 Å². The van der Waals surface area contributed by atoms with E-state index in [1.165, 1.54) is 25.7 Å². The van der Waals surface area contributed by atoms with Gasteiger partial charge in [0.25, 0.3) is 0 Å². The molecule has 0 N–H and O–H groups in total. The molecule has 20 radical (unpaired) electrons. The molecule has 0 spiro atoms. The van der Waals surface area contributed by atoms with E-state index in [0.717, 1.165) is 6.22 Å². The van der Waals surface area contributed by atoms with Gasteiger partial charge >= 0.3 is 0 Å². The van der Waals surface area contributed by atoms with Gasteiger partial charge in [-0.15, -0.1) is 6.22 Å². The van der Waals surface area contributed by atoms with Gasteiger partial charge in [-0.05, 0) is 0 Å². The minimum atomic E-state index is -0.148. The molecule has 0 unspecified atom stereocenters. The Hall–Kier alpha value is 11.7. The molecule has 0 aromatic heterocycles. The van der Waals surface area contributed by atoms with Crippen molar-refractivity contribution in [3.05, 3.63) is 0 Å². The van der Waals surface area contributed by atoms with Crippen LogP contribution in [0.4, 0.5) is 0 Å². The summed E-state index contributed by atoms with van der Waals surface area (Å²) >= 11 is 0. The summed E-state index contributed by atoms with van der Waals surface area (Å²) in [5, 5.41) is 0. The SMILES string of the molecule is C.C.C.C.CC.CC.CC.CC.CCC.CCC.CCC.CCC.[B]B(C)C.[B]B([B])B(C)C.[B][B]B(C)C[B]C.[Y].[Y].[Y].[Y].[Y].[Y].[Y].[Y].[Y].[Y]. The van der Waals surface area contributed by atoms with Crippen molar-refractivity contribution in [2.24, 2.45) is 0 Å². The van der Waals surface area contributed by atoms with Crippen LogP contribution in [0.3, 0.4) is 0 Å². The molecular formula is C31H92B10Y10. The van der Waals surface area contributed by atoms with Crippen molar-refractivity contribution in [2.45, 2.75) is 213 Å². The van der Waals surface area contributed by atoms with E-state index in [1.807, 2.05) is 89.5 Å². The third-order valence-corrected chi connectivity index (χ3v) is 1.71. The summed E-state index contributed by atoms with van der Waals surface area (Å²) in [5.41, 5.74) is 0. The molecule has 0 fully saturated rings. The van der Waals surface area contributed by atoms with Crippen molar-refractivity contribution >= 4 is 71.5 Å². The Kier molecular flexibility index (Phi) is 794. The van der Waals surface area contributed by atoms with E-state index in [1.54, 1.807) is 7.06 Å². The standard InChI is InChI=1S/C3H8B4.4C3H8.C2H6B4.C2H6B2.4C2H6.4CH4.10Y/c1-5-3-7(2)6-4;4*1-3-2;1-5(2)6(3)4;1-4(2)3;4*1-2;;;;;;;;;;;;;;/h3H2,1-2H3;4*3H2,1-2H3;1-2H3;1-2H3;4*1-2H3;4*1H4;;;;;;;;;;. The molecule has 0 aliphatic carbocycles. The molecule has 0 aliphatic heterocycles. The van der Waals surface area contributed by atoms with Crippen LogP contribution in [0.1, 0.15) is 166 Å². The molecule has 0 saturated carbocycles. The third kappa shape index (κ3) is 513. The van der Waals surface area contributed by atoms with Crippen LogP contribution >= 0.6 is 0 Å². The summed E-state index contributed by atoms with van der Waals surface area (Å²) in [4.78, 5) is 0. The molecule has 0 aliphatic rings. The average Bonchev–Trinajstić information content (AvgIpc) is 2.86. The fourth-order valence-electron chi connectivity index (χ4n) is 0.450. The molecule has 276 valence electrons. The zero-order chi connectivity index (χ0) is 33.3. The topological polar surface area (TPSA) is 0 Å². The second kappa shape index (κ2) is 241. The van der Waals surface area contributed by atoms with Crippen LogP contribution in [0.2, 0.25) is 47.2 Å². The van der Waals surface area contributed by atoms with Crippen molar-refractivity contribution in [2.75, 3.05) is 0 Å². The second-order valence-corrected chi connectivity index (χ2v) is 7.71. The summed E-state index contributed by atoms with van der Waals surface area (Å²) in [7, 11) is 24.6. The van der Waals surface area contributed by atoms with E-state index < -0.39 is 0 Å². The van der Waals surface area contributed by atoms with E-state index in [2.05, 4.69) is 69.5 Å². The number of hydrogen-bond acceptors (Lipinski definition) is 0. The van der Waals surface area contributed by atoms with Gasteiger partial charge < -0.3 is 0 Å². The molecule has 0 aromatic carbocycles. The first kappa shape index (κ1) is 168. The monoisotopic (exact) mass is 1460 g/mol. The van der Waals surface area contributed by atoms with Crippen LogP contribution in [-0.2, 0) is 327 Å². The van der Waals surface area contributed by atoms with Gasteiger partial charge in [0.1, 0.15) is 0 Å². The average molecular weight is 1460 g/mol. The van der Waals surface area contributed by atoms with E-state index in [9.17, 15) is 0 Å². The Labute approximate surface area is 597 Å². The molecule has 0 amide bonds. The molecule has 0 rings (SSSR count). The van der Waals surface area contributed by atoms with E-state index in [0.29, 0.717) is 19.8 Å². The largest absolute Gasteiger partial charge is 0.108 e. The zero-order valence-electron chi connectivity index (χ0n) is 37.1. The van der Waals surface area contributed by atoms with Gasteiger partial charge in [-0.3, -0.25) is 0 Å². The van der Waals surface area contributed by atoms with Gasteiger partial charge in [0.15, 0.2) is 0 Å². The zero-order valence-corrected chi connectivity index (χ0v) is 65.5. The van der Waals surface area contributed by atoms with E-state index >= 15 is 0 Å². The quantitative estimate of drug-likeness (QED) is 0.246. The van der Waals surface area contributed by atoms with Crippen molar-refractivity contribution in [3.8, 4) is 0 Å². The predicted octanol–water partition coefficient (Wildman–Crippen LogP) is 12.4. The maximum Gasteiger partial charge on any atom is 0.0964 e. The maximum atomic E-state index is 5.21. The molecule has 0 atom stereocenters. The Morgan fingerprint density at radius 1 is 0.412 bits per heavy atom. The van der Waals surface area contributed by atoms with Crippen LogP contribution in [-0.4, -0.2) is 71.5 Å². The molecule has 51 heavy (non-hydrogen) atoms. The summed E-state index contributed by atoms with van der Waals surface area (Å²) < 4.78 is 0. The molecular weight excluding hydrogens is 1370 g/mol. The van der Waals surface area contributed by atoms with Crippen LogP contribution in [0, 0.1) is 0 Å². The third-order valence-electron chi connectivity index (χ3n) is 1.71. The molecule has 0 bridgehead atoms. The molecule has 20 heteroatoms. The van der Waals surface area contributed by atoms with Gasteiger partial charge in [-0.1, -0.05) is 207 Å². The van der Waals surface area contributed by atoms with Gasteiger partial charge in [0.2, 0.25) is 0 Å². The summed E-state index contributed by atoms with van der Waals surface area (Å²) in [6, 6.07) is 0. The van der Waals surface area contributed by atoms with Crippen LogP contribution in [0.25, 0.3) is 0 Å². The fraction of sp³-hybridized carbons (Fsp3) is 1.00. The first-order chi connectivity index (χ1) is 17.3. The number of rotatable bonds is 4. The summed E-state index contributed by atoms with van der Waals surface area (Å²) in [6.45, 7) is 46.3. The Bertz CT molecular complexity index is 208. The van der Waals surface area contributed by atoms with Crippen molar-refractivity contribution in [1.82, 2.24) is 0 Å². The number of hydrogen-bond donors (Lipinski definition) is 0. The fourth-order valence-corrected chi connectivity index (χ4v) is 0.450. The smallest absolute Gasteiger partial charge is 0.0964 e. The minimum absolute atomic E-state index is 0. The normalized spacial score (nSPS) is 4.35. The van der Waals surface area contributed by atoms with Gasteiger partial charge in [0, 0.05) is 371 Å². The molecule has 0 aromatic rings. The minimum Gasteiger partial charge on any atom is -0.108 e. The molecule has 0 saturated heterocycles. The molecule has 0 nitrogen and oxygen atoms in total.